The lowest BCUT2D eigenvalue weighted by atomic mass is 10.1. The van der Waals surface area contributed by atoms with Crippen LogP contribution in [0, 0.1) is 5.82 Å². The molecule has 0 aliphatic heterocycles. The Bertz CT molecular complexity index is 462. The summed E-state index contributed by atoms with van der Waals surface area (Å²) in [7, 11) is -3.52. The third kappa shape index (κ3) is 4.07. The van der Waals surface area contributed by atoms with Crippen molar-refractivity contribution in [1.82, 2.24) is 4.72 Å². The summed E-state index contributed by atoms with van der Waals surface area (Å²) in [6, 6.07) is 6.22. The van der Waals surface area contributed by atoms with Crippen LogP contribution in [-0.4, -0.2) is 31.9 Å². The summed E-state index contributed by atoms with van der Waals surface area (Å²) >= 11 is 0. The van der Waals surface area contributed by atoms with Crippen molar-refractivity contribution >= 4 is 10.0 Å². The first kappa shape index (κ1) is 14.1. The van der Waals surface area contributed by atoms with E-state index >= 15 is 0 Å². The predicted octanol–water partition coefficient (Wildman–Crippen LogP) is 0.668. The molecule has 2 N–H and O–H groups in total. The standard InChI is InChI=1S/C11H16FNO3S/c1-9(8-14)17(15,16)13-7-6-10-4-2-3-5-11(10)12/h2-5,9,13-14H,6-8H2,1H3. The van der Waals surface area contributed by atoms with Gasteiger partial charge >= 0.3 is 0 Å². The third-order valence-corrected chi connectivity index (χ3v) is 4.26. The Kier molecular flexibility index (Phi) is 5.04. The van der Waals surface area contributed by atoms with Gasteiger partial charge in [0.1, 0.15) is 5.82 Å². The average Bonchev–Trinajstić information content (AvgIpc) is 2.30. The fraction of sp³-hybridized carbons (Fsp3) is 0.455. The highest BCUT2D eigenvalue weighted by Crippen LogP contribution is 2.06. The summed E-state index contributed by atoms with van der Waals surface area (Å²) in [6.07, 6.45) is 0.282. The molecular weight excluding hydrogens is 245 g/mol. The van der Waals surface area contributed by atoms with E-state index < -0.39 is 21.9 Å². The van der Waals surface area contributed by atoms with Crippen LogP contribution in [-0.2, 0) is 16.4 Å². The van der Waals surface area contributed by atoms with E-state index in [1.54, 1.807) is 18.2 Å². The normalized spacial score (nSPS) is 13.6. The first-order valence-corrected chi connectivity index (χ1v) is 6.84. The second-order valence-electron chi connectivity index (χ2n) is 3.77. The summed E-state index contributed by atoms with van der Waals surface area (Å²) in [4.78, 5) is 0. The Morgan fingerprint density at radius 2 is 2.06 bits per heavy atom. The van der Waals surface area contributed by atoms with E-state index in [-0.39, 0.29) is 18.8 Å². The molecule has 96 valence electrons. The van der Waals surface area contributed by atoms with Gasteiger partial charge in [-0.25, -0.2) is 17.5 Å². The number of nitrogens with one attached hydrogen (secondary N) is 1. The molecule has 0 saturated heterocycles. The van der Waals surface area contributed by atoms with E-state index in [2.05, 4.69) is 4.72 Å². The molecule has 4 nitrogen and oxygen atoms in total. The minimum Gasteiger partial charge on any atom is -0.395 e. The number of hydrogen-bond acceptors (Lipinski definition) is 3. The van der Waals surface area contributed by atoms with Crippen molar-refractivity contribution in [2.45, 2.75) is 18.6 Å². The van der Waals surface area contributed by atoms with Crippen molar-refractivity contribution in [3.8, 4) is 0 Å². The summed E-state index contributed by atoms with van der Waals surface area (Å²) in [5, 5.41) is 7.89. The lowest BCUT2D eigenvalue weighted by molar-refractivity contribution is 0.295. The molecule has 0 fully saturated rings. The van der Waals surface area contributed by atoms with Crippen molar-refractivity contribution in [2.75, 3.05) is 13.2 Å². The van der Waals surface area contributed by atoms with Gasteiger partial charge in [0.25, 0.3) is 0 Å². The number of sulfonamides is 1. The van der Waals surface area contributed by atoms with Gasteiger partial charge in [-0.1, -0.05) is 18.2 Å². The van der Waals surface area contributed by atoms with Gasteiger partial charge in [0.15, 0.2) is 0 Å². The molecule has 0 aliphatic carbocycles. The van der Waals surface area contributed by atoms with Crippen LogP contribution in [0.15, 0.2) is 24.3 Å². The minimum absolute atomic E-state index is 0.119. The minimum atomic E-state index is -3.52. The largest absolute Gasteiger partial charge is 0.395 e. The molecule has 0 aliphatic rings. The number of aliphatic hydroxyl groups excluding tert-OH is 1. The summed E-state index contributed by atoms with van der Waals surface area (Å²) < 4.78 is 38.5. The van der Waals surface area contributed by atoms with Gasteiger partial charge in [-0.3, -0.25) is 0 Å². The van der Waals surface area contributed by atoms with Crippen molar-refractivity contribution in [3.63, 3.8) is 0 Å². The highest BCUT2D eigenvalue weighted by Gasteiger charge is 2.18. The Morgan fingerprint density at radius 1 is 1.41 bits per heavy atom. The molecule has 0 bridgehead atoms. The molecule has 17 heavy (non-hydrogen) atoms. The summed E-state index contributed by atoms with van der Waals surface area (Å²) in [5.41, 5.74) is 0.465. The first-order valence-electron chi connectivity index (χ1n) is 5.30. The van der Waals surface area contributed by atoms with Crippen LogP contribution in [0.3, 0.4) is 0 Å². The highest BCUT2D eigenvalue weighted by atomic mass is 32.2. The van der Waals surface area contributed by atoms with E-state index in [0.29, 0.717) is 5.56 Å². The van der Waals surface area contributed by atoms with E-state index in [1.807, 2.05) is 0 Å². The smallest absolute Gasteiger partial charge is 0.216 e. The quantitative estimate of drug-likeness (QED) is 0.791. The van der Waals surface area contributed by atoms with E-state index in [4.69, 9.17) is 5.11 Å². The molecule has 0 radical (unpaired) electrons. The van der Waals surface area contributed by atoms with Gasteiger partial charge in [-0.2, -0.15) is 0 Å². The SMILES string of the molecule is CC(CO)S(=O)(=O)NCCc1ccccc1F. The number of halogens is 1. The van der Waals surface area contributed by atoms with E-state index in [0.717, 1.165) is 0 Å². The molecule has 0 aromatic heterocycles. The molecule has 0 saturated carbocycles. The number of hydrogen-bond donors (Lipinski definition) is 2. The topological polar surface area (TPSA) is 66.4 Å². The molecule has 1 aromatic rings. The van der Waals surface area contributed by atoms with Crippen LogP contribution < -0.4 is 4.72 Å². The summed E-state index contributed by atoms with van der Waals surface area (Å²) in [6.45, 7) is 1.09. The molecule has 6 heteroatoms. The van der Waals surface area contributed by atoms with E-state index in [1.165, 1.54) is 13.0 Å². The van der Waals surface area contributed by atoms with Gasteiger partial charge in [-0.05, 0) is 25.0 Å². The fourth-order valence-corrected chi connectivity index (χ4v) is 2.14. The fourth-order valence-electron chi connectivity index (χ4n) is 1.27. The van der Waals surface area contributed by atoms with Crippen molar-refractivity contribution in [1.29, 1.82) is 0 Å². The van der Waals surface area contributed by atoms with Crippen LogP contribution in [0.1, 0.15) is 12.5 Å². The van der Waals surface area contributed by atoms with Crippen LogP contribution in [0.5, 0.6) is 0 Å². The molecule has 1 unspecified atom stereocenters. The lowest BCUT2D eigenvalue weighted by Crippen LogP contribution is -2.35. The zero-order valence-electron chi connectivity index (χ0n) is 9.56. The van der Waals surface area contributed by atoms with Gasteiger partial charge < -0.3 is 5.11 Å². The molecule has 0 heterocycles. The maximum Gasteiger partial charge on any atom is 0.216 e. The maximum absolute atomic E-state index is 13.2. The Labute approximate surface area is 101 Å². The number of aliphatic hydroxyl groups is 1. The van der Waals surface area contributed by atoms with Gasteiger partial charge in [0.2, 0.25) is 10.0 Å². The number of rotatable bonds is 6. The molecule has 0 amide bonds. The monoisotopic (exact) mass is 261 g/mol. The van der Waals surface area contributed by atoms with Crippen molar-refractivity contribution in [2.24, 2.45) is 0 Å². The molecule has 1 rings (SSSR count). The Morgan fingerprint density at radius 3 is 2.65 bits per heavy atom. The van der Waals surface area contributed by atoms with Crippen LogP contribution in [0.4, 0.5) is 4.39 Å². The average molecular weight is 261 g/mol. The zero-order valence-corrected chi connectivity index (χ0v) is 10.4. The van der Waals surface area contributed by atoms with E-state index in [9.17, 15) is 12.8 Å². The lowest BCUT2D eigenvalue weighted by Gasteiger charge is -2.11. The second kappa shape index (κ2) is 6.09. The third-order valence-electron chi connectivity index (χ3n) is 2.44. The highest BCUT2D eigenvalue weighted by molar-refractivity contribution is 7.90. The Hall–Kier alpha value is -0.980. The van der Waals surface area contributed by atoms with Gasteiger partial charge in [-0.15, -0.1) is 0 Å². The summed E-state index contributed by atoms with van der Waals surface area (Å²) in [5.74, 6) is -0.345. The Balaban J connectivity index is 2.52. The van der Waals surface area contributed by atoms with Crippen LogP contribution in [0.2, 0.25) is 0 Å². The first-order chi connectivity index (χ1) is 7.97. The van der Waals surface area contributed by atoms with Gasteiger partial charge in [0, 0.05) is 6.54 Å². The molecule has 1 aromatic carbocycles. The van der Waals surface area contributed by atoms with Crippen molar-refractivity contribution < 1.29 is 17.9 Å². The molecule has 0 spiro atoms. The molecule has 1 atom stereocenters. The number of benzene rings is 1. The van der Waals surface area contributed by atoms with Gasteiger partial charge in [0.05, 0.1) is 11.9 Å². The zero-order chi connectivity index (χ0) is 12.9. The maximum atomic E-state index is 13.2. The van der Waals surface area contributed by atoms with Crippen molar-refractivity contribution in [3.05, 3.63) is 35.6 Å². The predicted molar refractivity (Wildman–Crippen MR) is 63.6 cm³/mol. The second-order valence-corrected chi connectivity index (χ2v) is 5.96. The molecular formula is C11H16FNO3S. The van der Waals surface area contributed by atoms with Crippen LogP contribution in [0.25, 0.3) is 0 Å². The van der Waals surface area contributed by atoms with Crippen LogP contribution >= 0.6 is 0 Å².